The van der Waals surface area contributed by atoms with E-state index in [2.05, 4.69) is 15.3 Å². The number of nitrogens with one attached hydrogen (secondary N) is 1. The SMILES string of the molecule is CNC(=O)c1c[n-]c2ncccc12.[Y]. The molecule has 69 valence electrons. The average molecular weight is 263 g/mol. The maximum Gasteiger partial charge on any atom is 0.251 e. The molecule has 0 bridgehead atoms. The summed E-state index contributed by atoms with van der Waals surface area (Å²) in [6.45, 7) is 0. The number of aromatic nitrogens is 2. The third kappa shape index (κ3) is 1.86. The van der Waals surface area contributed by atoms with Crippen molar-refractivity contribution in [3.63, 3.8) is 0 Å². The molecular formula is C9H8N3OY-. The van der Waals surface area contributed by atoms with Crippen LogP contribution in [0.15, 0.2) is 24.5 Å². The Labute approximate surface area is 106 Å². The van der Waals surface area contributed by atoms with Crippen molar-refractivity contribution in [2.45, 2.75) is 0 Å². The minimum absolute atomic E-state index is 0. The van der Waals surface area contributed by atoms with Crippen LogP contribution < -0.4 is 10.3 Å². The van der Waals surface area contributed by atoms with Crippen LogP contribution in [0.5, 0.6) is 0 Å². The van der Waals surface area contributed by atoms with Crippen molar-refractivity contribution in [1.29, 1.82) is 0 Å². The van der Waals surface area contributed by atoms with Gasteiger partial charge >= 0.3 is 0 Å². The fourth-order valence-corrected chi connectivity index (χ4v) is 1.22. The van der Waals surface area contributed by atoms with E-state index >= 15 is 0 Å². The van der Waals surface area contributed by atoms with E-state index in [1.165, 1.54) is 6.20 Å². The molecule has 2 aromatic heterocycles. The van der Waals surface area contributed by atoms with E-state index in [0.717, 1.165) is 5.39 Å². The predicted molar refractivity (Wildman–Crippen MR) is 48.5 cm³/mol. The van der Waals surface area contributed by atoms with E-state index in [0.29, 0.717) is 11.2 Å². The van der Waals surface area contributed by atoms with Gasteiger partial charge in [0.2, 0.25) is 0 Å². The van der Waals surface area contributed by atoms with E-state index in [1.807, 2.05) is 6.07 Å². The molecule has 2 heterocycles. The van der Waals surface area contributed by atoms with Gasteiger partial charge in [-0.25, -0.2) is 0 Å². The minimum Gasteiger partial charge on any atom is -0.442 e. The molecule has 0 fully saturated rings. The molecule has 0 spiro atoms. The molecule has 0 aromatic carbocycles. The Kier molecular flexibility index (Phi) is 3.78. The van der Waals surface area contributed by atoms with Gasteiger partial charge in [0, 0.05) is 45.3 Å². The summed E-state index contributed by atoms with van der Waals surface area (Å²) in [5.41, 5.74) is 1.19. The van der Waals surface area contributed by atoms with E-state index < -0.39 is 0 Å². The van der Waals surface area contributed by atoms with Crippen LogP contribution in [0.25, 0.3) is 11.0 Å². The summed E-state index contributed by atoms with van der Waals surface area (Å²) in [6, 6.07) is 3.62. The molecule has 0 aliphatic carbocycles. The molecule has 1 amide bonds. The van der Waals surface area contributed by atoms with Crippen molar-refractivity contribution in [3.05, 3.63) is 30.1 Å². The number of carbonyl (C=O) groups is 1. The summed E-state index contributed by atoms with van der Waals surface area (Å²) in [5, 5.41) is 3.35. The average Bonchev–Trinajstić information content (AvgIpc) is 2.60. The van der Waals surface area contributed by atoms with Gasteiger partial charge in [-0.15, -0.1) is 0 Å². The van der Waals surface area contributed by atoms with Crippen molar-refractivity contribution >= 4 is 16.9 Å². The number of amides is 1. The van der Waals surface area contributed by atoms with Crippen LogP contribution >= 0.6 is 0 Å². The third-order valence-electron chi connectivity index (χ3n) is 1.86. The van der Waals surface area contributed by atoms with Gasteiger partial charge in [-0.05, 0) is 5.39 Å². The summed E-state index contributed by atoms with van der Waals surface area (Å²) in [6.07, 6.45) is 3.19. The second-order valence-electron chi connectivity index (χ2n) is 2.63. The van der Waals surface area contributed by atoms with Crippen LogP contribution in [-0.4, -0.2) is 17.9 Å². The Morgan fingerprint density at radius 3 is 3.07 bits per heavy atom. The Balaban J connectivity index is 0.000000980. The van der Waals surface area contributed by atoms with Crippen LogP contribution in [0.1, 0.15) is 10.4 Å². The van der Waals surface area contributed by atoms with Crippen LogP contribution in [0, 0.1) is 0 Å². The molecule has 1 N–H and O–H groups in total. The number of hydrogen-bond acceptors (Lipinski definition) is 2. The van der Waals surface area contributed by atoms with E-state index in [-0.39, 0.29) is 38.6 Å². The molecule has 5 heteroatoms. The molecule has 0 atom stereocenters. The maximum atomic E-state index is 11.3. The number of fused-ring (bicyclic) bond motifs is 1. The Hall–Kier alpha value is -0.736. The van der Waals surface area contributed by atoms with Crippen LogP contribution in [0.3, 0.4) is 0 Å². The monoisotopic (exact) mass is 263 g/mol. The summed E-state index contributed by atoms with van der Waals surface area (Å²) in [5.74, 6) is -0.129. The second kappa shape index (κ2) is 4.66. The van der Waals surface area contributed by atoms with Gasteiger partial charge in [0.25, 0.3) is 5.91 Å². The third-order valence-corrected chi connectivity index (χ3v) is 1.86. The number of rotatable bonds is 1. The van der Waals surface area contributed by atoms with E-state index in [4.69, 9.17) is 0 Å². The first-order valence-corrected chi connectivity index (χ1v) is 3.91. The van der Waals surface area contributed by atoms with Gasteiger partial charge in [0.1, 0.15) is 0 Å². The number of carbonyl (C=O) groups excluding carboxylic acids is 1. The summed E-state index contributed by atoms with van der Waals surface area (Å²) in [4.78, 5) is 19.4. The van der Waals surface area contributed by atoms with Crippen molar-refractivity contribution in [1.82, 2.24) is 15.3 Å². The first kappa shape index (κ1) is 11.3. The van der Waals surface area contributed by atoms with Crippen LogP contribution in [-0.2, 0) is 32.7 Å². The molecule has 4 nitrogen and oxygen atoms in total. The summed E-state index contributed by atoms with van der Waals surface area (Å²) >= 11 is 0. The van der Waals surface area contributed by atoms with Crippen molar-refractivity contribution in [2.75, 3.05) is 7.05 Å². The van der Waals surface area contributed by atoms with E-state index in [9.17, 15) is 4.79 Å². The van der Waals surface area contributed by atoms with E-state index in [1.54, 1.807) is 19.3 Å². The first-order chi connectivity index (χ1) is 6.33. The van der Waals surface area contributed by atoms with Crippen molar-refractivity contribution < 1.29 is 37.5 Å². The van der Waals surface area contributed by atoms with Gasteiger partial charge in [-0.1, -0.05) is 30.2 Å². The largest absolute Gasteiger partial charge is 0.442 e. The fraction of sp³-hybridized carbons (Fsp3) is 0.111. The Morgan fingerprint density at radius 2 is 2.36 bits per heavy atom. The zero-order valence-corrected chi connectivity index (χ0v) is 10.5. The second-order valence-corrected chi connectivity index (χ2v) is 2.63. The fourth-order valence-electron chi connectivity index (χ4n) is 1.22. The normalized spacial score (nSPS) is 9.50. The van der Waals surface area contributed by atoms with Gasteiger partial charge in [-0.2, -0.15) is 0 Å². The van der Waals surface area contributed by atoms with Gasteiger partial charge in [-0.3, -0.25) is 4.79 Å². The van der Waals surface area contributed by atoms with Crippen LogP contribution in [0.4, 0.5) is 0 Å². The zero-order valence-electron chi connectivity index (χ0n) is 7.69. The van der Waals surface area contributed by atoms with Gasteiger partial charge < -0.3 is 15.3 Å². The molecule has 14 heavy (non-hydrogen) atoms. The minimum atomic E-state index is -0.129. The number of hydrogen-bond donors (Lipinski definition) is 1. The Bertz CT molecular complexity index is 452. The first-order valence-electron chi connectivity index (χ1n) is 3.91. The molecule has 2 aromatic rings. The summed E-state index contributed by atoms with van der Waals surface area (Å²) in [7, 11) is 1.59. The maximum absolute atomic E-state index is 11.3. The van der Waals surface area contributed by atoms with Crippen LogP contribution in [0.2, 0.25) is 0 Å². The Morgan fingerprint density at radius 1 is 1.57 bits per heavy atom. The van der Waals surface area contributed by atoms with Crippen molar-refractivity contribution in [3.8, 4) is 0 Å². The van der Waals surface area contributed by atoms with Gasteiger partial charge in [0.05, 0.1) is 0 Å². The molecule has 0 unspecified atom stereocenters. The molecule has 0 aliphatic rings. The molecule has 0 saturated carbocycles. The zero-order chi connectivity index (χ0) is 9.26. The molecule has 0 aliphatic heterocycles. The molecular weight excluding hydrogens is 255 g/mol. The van der Waals surface area contributed by atoms with Crippen molar-refractivity contribution in [2.24, 2.45) is 0 Å². The van der Waals surface area contributed by atoms with Gasteiger partial charge in [0.15, 0.2) is 0 Å². The summed E-state index contributed by atoms with van der Waals surface area (Å²) < 4.78 is 0. The number of nitrogens with zero attached hydrogens (tertiary/aromatic N) is 2. The molecule has 2 rings (SSSR count). The topological polar surface area (TPSA) is 56.1 Å². The quantitative estimate of drug-likeness (QED) is 0.817. The predicted octanol–water partition coefficient (Wildman–Crippen LogP) is 0.549. The standard InChI is InChI=1S/C9H9N3O.Y/c1-10-9(13)7-5-12-8-6(7)3-2-4-11-8;/h2-5H,1H3,(H2,10,11,12,13);/p-1. The smallest absolute Gasteiger partial charge is 0.251 e. The number of pyridine rings is 1. The molecule has 1 radical (unpaired) electrons. The molecule has 0 saturated heterocycles.